The molecule has 4 heteroatoms. The van der Waals surface area contributed by atoms with Crippen LogP contribution in [0.3, 0.4) is 0 Å². The highest BCUT2D eigenvalue weighted by Crippen LogP contribution is 2.20. The van der Waals surface area contributed by atoms with Gasteiger partial charge in [-0.2, -0.15) is 0 Å². The molecule has 0 aliphatic heterocycles. The van der Waals surface area contributed by atoms with Crippen LogP contribution in [0.25, 0.3) is 5.82 Å². The zero-order chi connectivity index (χ0) is 13.4. The van der Waals surface area contributed by atoms with Crippen molar-refractivity contribution in [1.29, 1.82) is 0 Å². The fourth-order valence-electron chi connectivity index (χ4n) is 2.27. The van der Waals surface area contributed by atoms with E-state index in [9.17, 15) is 4.79 Å². The molecule has 0 fully saturated rings. The van der Waals surface area contributed by atoms with Gasteiger partial charge in [0.2, 0.25) is 0 Å². The number of nitrogens with zero attached hydrogens (tertiary/aromatic N) is 2. The van der Waals surface area contributed by atoms with Crippen LogP contribution in [-0.4, -0.2) is 20.6 Å². The van der Waals surface area contributed by atoms with Gasteiger partial charge in [0, 0.05) is 17.1 Å². The maximum atomic E-state index is 11.1. The molecule has 94 valence electrons. The van der Waals surface area contributed by atoms with Crippen LogP contribution >= 0.6 is 0 Å². The van der Waals surface area contributed by atoms with Crippen molar-refractivity contribution in [3.8, 4) is 5.82 Å². The lowest BCUT2D eigenvalue weighted by molar-refractivity contribution is 0.0696. The first-order chi connectivity index (χ1) is 8.40. The Morgan fingerprint density at radius 1 is 1.17 bits per heavy atom. The zero-order valence-electron chi connectivity index (χ0n) is 11.0. The molecule has 1 N–H and O–H groups in total. The third kappa shape index (κ3) is 2.01. The van der Waals surface area contributed by atoms with E-state index in [4.69, 9.17) is 5.11 Å². The Balaban J connectivity index is 2.67. The van der Waals surface area contributed by atoms with Crippen LogP contribution in [-0.2, 0) is 0 Å². The van der Waals surface area contributed by atoms with Crippen molar-refractivity contribution in [2.45, 2.75) is 27.7 Å². The first kappa shape index (κ1) is 12.4. The van der Waals surface area contributed by atoms with Gasteiger partial charge in [-0.25, -0.2) is 9.78 Å². The van der Waals surface area contributed by atoms with Crippen LogP contribution in [0.5, 0.6) is 0 Å². The molecule has 2 heterocycles. The predicted octanol–water partition coefficient (Wildman–Crippen LogP) is 2.80. The van der Waals surface area contributed by atoms with Gasteiger partial charge < -0.3 is 9.67 Å². The molecule has 0 amide bonds. The van der Waals surface area contributed by atoms with E-state index in [0.717, 1.165) is 22.8 Å². The summed E-state index contributed by atoms with van der Waals surface area (Å²) < 4.78 is 1.88. The molecule has 0 atom stereocenters. The van der Waals surface area contributed by atoms with Crippen molar-refractivity contribution in [2.75, 3.05) is 0 Å². The first-order valence-electron chi connectivity index (χ1n) is 5.78. The first-order valence-corrected chi connectivity index (χ1v) is 5.78. The van der Waals surface area contributed by atoms with E-state index in [2.05, 4.69) is 4.98 Å². The van der Waals surface area contributed by atoms with Crippen LogP contribution in [0.2, 0.25) is 0 Å². The van der Waals surface area contributed by atoms with Crippen LogP contribution in [0.4, 0.5) is 0 Å². The van der Waals surface area contributed by atoms with Gasteiger partial charge in [-0.3, -0.25) is 0 Å². The summed E-state index contributed by atoms with van der Waals surface area (Å²) in [6.07, 6.45) is 0. The molecule has 0 spiro atoms. The quantitative estimate of drug-likeness (QED) is 0.883. The number of aromatic carboxylic acids is 1. The Kier molecular flexibility index (Phi) is 2.95. The normalized spacial score (nSPS) is 10.7. The van der Waals surface area contributed by atoms with Crippen molar-refractivity contribution in [3.63, 3.8) is 0 Å². The summed E-state index contributed by atoms with van der Waals surface area (Å²) in [7, 11) is 0. The summed E-state index contributed by atoms with van der Waals surface area (Å²) in [5.41, 5.74) is 3.95. The molecule has 0 bridgehead atoms. The van der Waals surface area contributed by atoms with E-state index < -0.39 is 5.97 Å². The Hall–Kier alpha value is -2.10. The van der Waals surface area contributed by atoms with Gasteiger partial charge in [-0.1, -0.05) is 0 Å². The second-order valence-electron chi connectivity index (χ2n) is 4.57. The van der Waals surface area contributed by atoms with Gasteiger partial charge in [0.05, 0.1) is 5.56 Å². The molecular formula is C14H16N2O2. The summed E-state index contributed by atoms with van der Waals surface area (Å²) in [5.74, 6) is -0.131. The minimum atomic E-state index is -0.904. The fraction of sp³-hybridized carbons (Fsp3) is 0.286. The Bertz CT molecular complexity index is 607. The molecule has 0 saturated heterocycles. The number of pyridine rings is 1. The molecule has 2 aromatic heterocycles. The molecule has 0 unspecified atom stereocenters. The highest BCUT2D eigenvalue weighted by Gasteiger charge is 2.16. The average Bonchev–Trinajstić information content (AvgIpc) is 2.52. The van der Waals surface area contributed by atoms with Gasteiger partial charge in [-0.05, 0) is 51.5 Å². The number of carbonyl (C=O) groups is 1. The van der Waals surface area contributed by atoms with E-state index in [1.807, 2.05) is 37.5 Å². The molecular weight excluding hydrogens is 228 g/mol. The monoisotopic (exact) mass is 244 g/mol. The Labute approximate surface area is 106 Å². The maximum absolute atomic E-state index is 11.1. The van der Waals surface area contributed by atoms with Crippen LogP contribution < -0.4 is 0 Å². The summed E-state index contributed by atoms with van der Waals surface area (Å²) in [5, 5.41) is 9.13. The lowest BCUT2D eigenvalue weighted by Crippen LogP contribution is -2.05. The second-order valence-corrected chi connectivity index (χ2v) is 4.57. The molecule has 18 heavy (non-hydrogen) atoms. The zero-order valence-corrected chi connectivity index (χ0v) is 11.0. The van der Waals surface area contributed by atoms with Crippen molar-refractivity contribution in [3.05, 3.63) is 46.4 Å². The van der Waals surface area contributed by atoms with Crippen LogP contribution in [0.15, 0.2) is 18.2 Å². The molecule has 4 nitrogen and oxygen atoms in total. The second kappa shape index (κ2) is 4.29. The number of carboxylic acids is 1. The third-order valence-corrected chi connectivity index (χ3v) is 2.97. The van der Waals surface area contributed by atoms with E-state index in [0.29, 0.717) is 11.3 Å². The lowest BCUT2D eigenvalue weighted by Gasteiger charge is -2.10. The van der Waals surface area contributed by atoms with Crippen molar-refractivity contribution in [2.24, 2.45) is 0 Å². The molecule has 0 aliphatic rings. The van der Waals surface area contributed by atoms with Gasteiger partial charge >= 0.3 is 5.97 Å². The minimum Gasteiger partial charge on any atom is -0.478 e. The Morgan fingerprint density at radius 2 is 1.83 bits per heavy atom. The predicted molar refractivity (Wildman–Crippen MR) is 69.5 cm³/mol. The lowest BCUT2D eigenvalue weighted by atomic mass is 10.2. The van der Waals surface area contributed by atoms with Crippen molar-refractivity contribution >= 4 is 5.97 Å². The van der Waals surface area contributed by atoms with Crippen LogP contribution in [0, 0.1) is 27.7 Å². The fourth-order valence-corrected chi connectivity index (χ4v) is 2.27. The van der Waals surface area contributed by atoms with Crippen molar-refractivity contribution < 1.29 is 9.90 Å². The van der Waals surface area contributed by atoms with Gasteiger partial charge in [0.25, 0.3) is 0 Å². The molecule has 2 rings (SSSR count). The summed E-state index contributed by atoms with van der Waals surface area (Å²) in [6, 6.07) is 5.63. The highest BCUT2D eigenvalue weighted by molar-refractivity contribution is 5.89. The third-order valence-electron chi connectivity index (χ3n) is 2.97. The minimum absolute atomic E-state index is 0.327. The molecule has 0 aliphatic carbocycles. The smallest absolute Gasteiger partial charge is 0.337 e. The number of carboxylic acid groups (broad SMARTS) is 1. The standard InChI is InChI=1S/C14H16N2O2/c1-8-5-9(2)15-13(6-8)16-10(3)7-12(11(16)4)14(17)18/h5-7H,1-4H3,(H,17,18). The number of hydrogen-bond acceptors (Lipinski definition) is 2. The largest absolute Gasteiger partial charge is 0.478 e. The van der Waals surface area contributed by atoms with Crippen LogP contribution in [0.1, 0.15) is 33.0 Å². The number of rotatable bonds is 2. The van der Waals surface area contributed by atoms with E-state index in [1.54, 1.807) is 13.0 Å². The number of aromatic nitrogens is 2. The van der Waals surface area contributed by atoms with Gasteiger partial charge in [0.15, 0.2) is 0 Å². The van der Waals surface area contributed by atoms with Gasteiger partial charge in [0.1, 0.15) is 5.82 Å². The molecule has 0 aromatic carbocycles. The molecule has 0 radical (unpaired) electrons. The van der Waals surface area contributed by atoms with E-state index in [-0.39, 0.29) is 0 Å². The van der Waals surface area contributed by atoms with Gasteiger partial charge in [-0.15, -0.1) is 0 Å². The van der Waals surface area contributed by atoms with E-state index >= 15 is 0 Å². The topological polar surface area (TPSA) is 55.1 Å². The SMILES string of the molecule is Cc1cc(C)nc(-n2c(C)cc(C(=O)O)c2C)c1. The van der Waals surface area contributed by atoms with E-state index in [1.165, 1.54) is 0 Å². The summed E-state index contributed by atoms with van der Waals surface area (Å²) in [4.78, 5) is 15.6. The molecule has 0 saturated carbocycles. The summed E-state index contributed by atoms with van der Waals surface area (Å²) in [6.45, 7) is 7.63. The number of aryl methyl sites for hydroxylation is 3. The van der Waals surface area contributed by atoms with Crippen molar-refractivity contribution in [1.82, 2.24) is 9.55 Å². The molecule has 2 aromatic rings. The number of hydrogen-bond donors (Lipinski definition) is 1. The summed E-state index contributed by atoms with van der Waals surface area (Å²) >= 11 is 0. The maximum Gasteiger partial charge on any atom is 0.337 e. The highest BCUT2D eigenvalue weighted by atomic mass is 16.4. The Morgan fingerprint density at radius 3 is 2.33 bits per heavy atom. The average molecular weight is 244 g/mol.